The van der Waals surface area contributed by atoms with Gasteiger partial charge in [0.05, 0.1) is 11.3 Å². The van der Waals surface area contributed by atoms with E-state index in [-0.39, 0.29) is 5.56 Å². The second kappa shape index (κ2) is 5.10. The first kappa shape index (κ1) is 13.1. The molecule has 3 nitrogen and oxygen atoms in total. The SMILES string of the molecule is CSCCCN1C(=O)C(=O)c2cc(F)cc(C)c21. The van der Waals surface area contributed by atoms with Gasteiger partial charge >= 0.3 is 0 Å². The third-order valence-electron chi connectivity index (χ3n) is 2.95. The lowest BCUT2D eigenvalue weighted by Crippen LogP contribution is -2.31. The number of carbonyl (C=O) groups excluding carboxylic acids is 2. The summed E-state index contributed by atoms with van der Waals surface area (Å²) in [5.74, 6) is -0.692. The van der Waals surface area contributed by atoms with E-state index in [9.17, 15) is 14.0 Å². The van der Waals surface area contributed by atoms with Crippen molar-refractivity contribution in [1.29, 1.82) is 0 Å². The van der Waals surface area contributed by atoms with E-state index in [0.29, 0.717) is 17.8 Å². The van der Waals surface area contributed by atoms with E-state index in [4.69, 9.17) is 0 Å². The molecule has 0 saturated carbocycles. The number of nitrogens with zero attached hydrogens (tertiary/aromatic N) is 1. The first-order chi connectivity index (χ1) is 8.56. The van der Waals surface area contributed by atoms with Crippen LogP contribution in [0.25, 0.3) is 0 Å². The zero-order chi connectivity index (χ0) is 13.3. The molecule has 0 spiro atoms. The number of benzene rings is 1. The normalized spacial score (nSPS) is 14.3. The summed E-state index contributed by atoms with van der Waals surface area (Å²) in [5, 5.41) is 0. The van der Waals surface area contributed by atoms with Crippen LogP contribution in [-0.4, -0.2) is 30.2 Å². The first-order valence-electron chi connectivity index (χ1n) is 5.71. The molecule has 0 N–H and O–H groups in total. The van der Waals surface area contributed by atoms with E-state index in [1.54, 1.807) is 18.7 Å². The molecular weight excluding hydrogens is 253 g/mol. The topological polar surface area (TPSA) is 37.4 Å². The zero-order valence-electron chi connectivity index (χ0n) is 10.3. The van der Waals surface area contributed by atoms with Crippen LogP contribution in [0.2, 0.25) is 0 Å². The van der Waals surface area contributed by atoms with Crippen molar-refractivity contribution in [3.63, 3.8) is 0 Å². The van der Waals surface area contributed by atoms with Crippen LogP contribution in [0.1, 0.15) is 22.3 Å². The molecular formula is C13H14FNO2S. The molecule has 5 heteroatoms. The molecule has 2 rings (SSSR count). The standard InChI is InChI=1S/C13H14FNO2S/c1-8-6-9(14)7-10-11(8)15(4-3-5-18-2)13(17)12(10)16/h6-7H,3-5H2,1-2H3. The molecule has 96 valence electrons. The Hall–Kier alpha value is -1.36. The van der Waals surface area contributed by atoms with Gasteiger partial charge in [-0.2, -0.15) is 11.8 Å². The fraction of sp³-hybridized carbons (Fsp3) is 0.385. The van der Waals surface area contributed by atoms with Gasteiger partial charge in [0.15, 0.2) is 0 Å². The summed E-state index contributed by atoms with van der Waals surface area (Å²) in [6, 6.07) is 2.50. The number of ketones is 1. The lowest BCUT2D eigenvalue weighted by Gasteiger charge is -2.18. The Morgan fingerprint density at radius 2 is 2.06 bits per heavy atom. The van der Waals surface area contributed by atoms with E-state index in [1.807, 2.05) is 6.26 Å². The van der Waals surface area contributed by atoms with Gasteiger partial charge in [-0.25, -0.2) is 4.39 Å². The van der Waals surface area contributed by atoms with Crippen LogP contribution >= 0.6 is 11.8 Å². The molecule has 1 aromatic rings. The van der Waals surface area contributed by atoms with Crippen molar-refractivity contribution in [1.82, 2.24) is 0 Å². The number of Topliss-reactive ketones (excluding diaryl/α,β-unsaturated/α-hetero) is 1. The van der Waals surface area contributed by atoms with E-state index < -0.39 is 17.5 Å². The van der Waals surface area contributed by atoms with Crippen molar-refractivity contribution in [2.75, 3.05) is 23.5 Å². The highest BCUT2D eigenvalue weighted by Gasteiger charge is 2.36. The van der Waals surface area contributed by atoms with Crippen molar-refractivity contribution < 1.29 is 14.0 Å². The van der Waals surface area contributed by atoms with Crippen molar-refractivity contribution in [2.45, 2.75) is 13.3 Å². The lowest BCUT2D eigenvalue weighted by molar-refractivity contribution is -0.114. The summed E-state index contributed by atoms with van der Waals surface area (Å²) in [5.41, 5.74) is 1.41. The number of aryl methyl sites for hydroxylation is 1. The Morgan fingerprint density at radius 3 is 2.72 bits per heavy atom. The molecule has 0 saturated heterocycles. The van der Waals surface area contributed by atoms with Gasteiger partial charge < -0.3 is 4.90 Å². The average molecular weight is 267 g/mol. The number of fused-ring (bicyclic) bond motifs is 1. The van der Waals surface area contributed by atoms with Crippen molar-refractivity contribution in [3.05, 3.63) is 29.1 Å². The van der Waals surface area contributed by atoms with Gasteiger partial charge in [-0.1, -0.05) is 0 Å². The quantitative estimate of drug-likeness (QED) is 0.621. The summed E-state index contributed by atoms with van der Waals surface area (Å²) in [6.07, 6.45) is 2.81. The molecule has 0 aromatic heterocycles. The Balaban J connectivity index is 2.36. The summed E-state index contributed by atoms with van der Waals surface area (Å²) in [4.78, 5) is 25.1. The van der Waals surface area contributed by atoms with Crippen LogP contribution in [-0.2, 0) is 4.79 Å². The van der Waals surface area contributed by atoms with Gasteiger partial charge in [0, 0.05) is 6.54 Å². The monoisotopic (exact) mass is 267 g/mol. The van der Waals surface area contributed by atoms with Crippen LogP contribution in [0.5, 0.6) is 0 Å². The van der Waals surface area contributed by atoms with Crippen LogP contribution in [0, 0.1) is 12.7 Å². The number of anilines is 1. The third kappa shape index (κ3) is 2.14. The van der Waals surface area contributed by atoms with E-state index >= 15 is 0 Å². The number of hydrogen-bond acceptors (Lipinski definition) is 3. The number of rotatable bonds is 4. The van der Waals surface area contributed by atoms with Crippen LogP contribution in [0.3, 0.4) is 0 Å². The molecule has 1 amide bonds. The highest BCUT2D eigenvalue weighted by Crippen LogP contribution is 2.33. The molecule has 0 aliphatic carbocycles. The molecule has 1 aromatic carbocycles. The van der Waals surface area contributed by atoms with Gasteiger partial charge in [-0.15, -0.1) is 0 Å². The Labute approximate surface area is 109 Å². The zero-order valence-corrected chi connectivity index (χ0v) is 11.1. The first-order valence-corrected chi connectivity index (χ1v) is 7.11. The lowest BCUT2D eigenvalue weighted by atomic mass is 10.1. The second-order valence-corrected chi connectivity index (χ2v) is 5.24. The maximum absolute atomic E-state index is 13.3. The fourth-order valence-electron chi connectivity index (χ4n) is 2.19. The van der Waals surface area contributed by atoms with Crippen LogP contribution < -0.4 is 4.90 Å². The van der Waals surface area contributed by atoms with E-state index in [2.05, 4.69) is 0 Å². The van der Waals surface area contributed by atoms with E-state index in [0.717, 1.165) is 18.2 Å². The summed E-state index contributed by atoms with van der Waals surface area (Å²) >= 11 is 1.69. The molecule has 1 aliphatic heterocycles. The maximum Gasteiger partial charge on any atom is 0.299 e. The maximum atomic E-state index is 13.3. The van der Waals surface area contributed by atoms with Gasteiger partial charge in [0.25, 0.3) is 11.7 Å². The van der Waals surface area contributed by atoms with E-state index in [1.165, 1.54) is 11.0 Å². The minimum atomic E-state index is -0.600. The van der Waals surface area contributed by atoms with Gasteiger partial charge in [0.2, 0.25) is 0 Å². The largest absolute Gasteiger partial charge is 0.304 e. The van der Waals surface area contributed by atoms with Crippen LogP contribution in [0.4, 0.5) is 10.1 Å². The van der Waals surface area contributed by atoms with Crippen molar-refractivity contribution in [2.24, 2.45) is 0 Å². The molecule has 0 radical (unpaired) electrons. The average Bonchev–Trinajstić information content (AvgIpc) is 2.55. The fourth-order valence-corrected chi connectivity index (χ4v) is 2.60. The number of thioether (sulfide) groups is 1. The number of halogens is 1. The number of amides is 1. The predicted octanol–water partition coefficient (Wildman–Crippen LogP) is 2.42. The van der Waals surface area contributed by atoms with Crippen molar-refractivity contribution in [3.8, 4) is 0 Å². The summed E-state index contributed by atoms with van der Waals surface area (Å²) < 4.78 is 13.3. The number of carbonyl (C=O) groups is 2. The minimum Gasteiger partial charge on any atom is -0.304 e. The molecule has 1 heterocycles. The van der Waals surface area contributed by atoms with Gasteiger partial charge in [0.1, 0.15) is 5.82 Å². The summed E-state index contributed by atoms with van der Waals surface area (Å²) in [6.45, 7) is 2.22. The number of hydrogen-bond donors (Lipinski definition) is 0. The highest BCUT2D eigenvalue weighted by molar-refractivity contribution is 7.98. The Morgan fingerprint density at radius 1 is 1.33 bits per heavy atom. The highest BCUT2D eigenvalue weighted by atomic mass is 32.2. The van der Waals surface area contributed by atoms with Gasteiger partial charge in [-0.3, -0.25) is 9.59 Å². The molecule has 0 atom stereocenters. The van der Waals surface area contributed by atoms with Crippen LogP contribution in [0.15, 0.2) is 12.1 Å². The minimum absolute atomic E-state index is 0.196. The van der Waals surface area contributed by atoms with Crippen molar-refractivity contribution >= 4 is 29.1 Å². The third-order valence-corrected chi connectivity index (χ3v) is 3.65. The molecule has 18 heavy (non-hydrogen) atoms. The Bertz CT molecular complexity index is 516. The molecule has 0 fully saturated rings. The Kier molecular flexibility index (Phi) is 3.71. The second-order valence-electron chi connectivity index (χ2n) is 4.25. The summed E-state index contributed by atoms with van der Waals surface area (Å²) in [7, 11) is 0. The smallest absolute Gasteiger partial charge is 0.299 e. The predicted molar refractivity (Wildman–Crippen MR) is 70.8 cm³/mol. The molecule has 1 aliphatic rings. The molecule has 0 unspecified atom stereocenters. The molecule has 0 bridgehead atoms. The van der Waals surface area contributed by atoms with Gasteiger partial charge in [-0.05, 0) is 43.0 Å².